The predicted molar refractivity (Wildman–Crippen MR) is 76.6 cm³/mol. The highest BCUT2D eigenvalue weighted by Gasteiger charge is 2.04. The zero-order valence-corrected chi connectivity index (χ0v) is 11.8. The molecule has 1 aromatic carbocycles. The summed E-state index contributed by atoms with van der Waals surface area (Å²) in [6.07, 6.45) is 1.02. The minimum absolute atomic E-state index is 0.00940. The van der Waals surface area contributed by atoms with Crippen LogP contribution in [-0.4, -0.2) is 31.0 Å². The monoisotopic (exact) mass is 332 g/mol. The first-order chi connectivity index (χ1) is 7.65. The lowest BCUT2D eigenvalue weighted by Gasteiger charge is -2.12. The summed E-state index contributed by atoms with van der Waals surface area (Å²) >= 11 is 2.30. The minimum atomic E-state index is 0.00940. The second-order valence-electron chi connectivity index (χ2n) is 3.74. The van der Waals surface area contributed by atoms with Crippen molar-refractivity contribution in [1.29, 1.82) is 0 Å². The average Bonchev–Trinajstić information content (AvgIpc) is 2.29. The number of halogens is 1. The van der Waals surface area contributed by atoms with Gasteiger partial charge in [0, 0.05) is 36.3 Å². The normalized spacial score (nSPS) is 9.94. The van der Waals surface area contributed by atoms with E-state index in [1.165, 1.54) is 0 Å². The number of benzene rings is 1. The molecule has 0 aliphatic carbocycles. The molecule has 0 aliphatic heterocycles. The molecule has 0 saturated heterocycles. The second-order valence-corrected chi connectivity index (χ2v) is 4.82. The van der Waals surface area contributed by atoms with Gasteiger partial charge in [-0.25, -0.2) is 0 Å². The second kappa shape index (κ2) is 6.73. The molecule has 0 spiro atoms. The van der Waals surface area contributed by atoms with E-state index in [9.17, 15) is 4.79 Å². The van der Waals surface area contributed by atoms with E-state index in [1.807, 2.05) is 43.3 Å². The Morgan fingerprint density at radius 1 is 1.31 bits per heavy atom. The van der Waals surface area contributed by atoms with Gasteiger partial charge < -0.3 is 10.2 Å². The fourth-order valence-corrected chi connectivity index (χ4v) is 1.66. The Balaban J connectivity index is 2.56. The van der Waals surface area contributed by atoms with Gasteiger partial charge in [-0.05, 0) is 30.7 Å². The maximum absolute atomic E-state index is 11.7. The third-order valence-corrected chi connectivity index (χ3v) is 3.00. The number of amides is 1. The van der Waals surface area contributed by atoms with Crippen LogP contribution in [0.5, 0.6) is 0 Å². The van der Waals surface area contributed by atoms with Gasteiger partial charge >= 0.3 is 0 Å². The summed E-state index contributed by atoms with van der Waals surface area (Å²) in [5, 5.41) is 2.89. The molecule has 0 unspecified atom stereocenters. The van der Waals surface area contributed by atoms with E-state index in [1.54, 1.807) is 0 Å². The van der Waals surface area contributed by atoms with E-state index in [4.69, 9.17) is 0 Å². The predicted octanol–water partition coefficient (Wildman–Crippen LogP) is 2.31. The first-order valence-corrected chi connectivity index (χ1v) is 6.79. The molecule has 0 aromatic heterocycles. The van der Waals surface area contributed by atoms with Gasteiger partial charge in [-0.15, -0.1) is 0 Å². The van der Waals surface area contributed by atoms with Crippen LogP contribution in [-0.2, 0) is 0 Å². The van der Waals surface area contributed by atoms with Crippen molar-refractivity contribution in [3.8, 4) is 0 Å². The van der Waals surface area contributed by atoms with Gasteiger partial charge in [0.25, 0.3) is 5.91 Å². The lowest BCUT2D eigenvalue weighted by Crippen LogP contribution is -2.24. The maximum Gasteiger partial charge on any atom is 0.251 e. The molecule has 1 N–H and O–H groups in total. The Kier molecular flexibility index (Phi) is 5.59. The number of carbonyl (C=O) groups excluding carboxylic acids is 1. The maximum atomic E-state index is 11.7. The zero-order chi connectivity index (χ0) is 12.0. The molecule has 4 heteroatoms. The first-order valence-electron chi connectivity index (χ1n) is 5.26. The molecule has 1 amide bonds. The molecule has 1 rings (SSSR count). The number of rotatable bonds is 5. The topological polar surface area (TPSA) is 32.3 Å². The Morgan fingerprint density at radius 2 is 1.94 bits per heavy atom. The van der Waals surface area contributed by atoms with Crippen LogP contribution in [0.1, 0.15) is 16.8 Å². The highest BCUT2D eigenvalue weighted by atomic mass is 127. The molecule has 1 aromatic rings. The number of hydrogen-bond donors (Lipinski definition) is 1. The lowest BCUT2D eigenvalue weighted by atomic mass is 10.2. The first kappa shape index (κ1) is 13.3. The lowest BCUT2D eigenvalue weighted by molar-refractivity contribution is 0.0954. The van der Waals surface area contributed by atoms with Gasteiger partial charge in [0.05, 0.1) is 0 Å². The largest absolute Gasteiger partial charge is 0.378 e. The van der Waals surface area contributed by atoms with Crippen LogP contribution < -0.4 is 10.2 Å². The quantitative estimate of drug-likeness (QED) is 0.510. The van der Waals surface area contributed by atoms with Crippen molar-refractivity contribution in [1.82, 2.24) is 5.32 Å². The number of nitrogens with zero attached hydrogens (tertiary/aromatic N) is 1. The molecule has 0 fully saturated rings. The van der Waals surface area contributed by atoms with Gasteiger partial charge in [0.1, 0.15) is 0 Å². The van der Waals surface area contributed by atoms with Crippen LogP contribution in [0, 0.1) is 0 Å². The van der Waals surface area contributed by atoms with Crippen LogP contribution in [0.2, 0.25) is 0 Å². The summed E-state index contributed by atoms with van der Waals surface area (Å²) in [7, 11) is 3.96. The fraction of sp³-hybridized carbons (Fsp3) is 0.417. The Bertz CT molecular complexity index is 335. The molecular formula is C12H17IN2O. The summed E-state index contributed by atoms with van der Waals surface area (Å²) in [6.45, 7) is 0.747. The summed E-state index contributed by atoms with van der Waals surface area (Å²) in [5.41, 5.74) is 1.82. The minimum Gasteiger partial charge on any atom is -0.378 e. The van der Waals surface area contributed by atoms with Crippen LogP contribution in [0.25, 0.3) is 0 Å². The van der Waals surface area contributed by atoms with Crippen molar-refractivity contribution in [2.45, 2.75) is 6.42 Å². The smallest absolute Gasteiger partial charge is 0.251 e. The van der Waals surface area contributed by atoms with Gasteiger partial charge in [-0.2, -0.15) is 0 Å². The summed E-state index contributed by atoms with van der Waals surface area (Å²) in [6, 6.07) is 7.62. The van der Waals surface area contributed by atoms with Crippen molar-refractivity contribution in [3.05, 3.63) is 29.8 Å². The number of alkyl halides is 1. The Labute approximate surface area is 110 Å². The van der Waals surface area contributed by atoms with Crippen LogP contribution in [0.15, 0.2) is 24.3 Å². The molecule has 0 atom stereocenters. The van der Waals surface area contributed by atoms with Crippen molar-refractivity contribution in [3.63, 3.8) is 0 Å². The highest BCUT2D eigenvalue weighted by Crippen LogP contribution is 2.11. The Hall–Kier alpha value is -0.780. The summed E-state index contributed by atoms with van der Waals surface area (Å²) < 4.78 is 1.07. The number of anilines is 1. The third-order valence-electron chi connectivity index (χ3n) is 2.24. The fourth-order valence-electron chi connectivity index (χ4n) is 1.28. The summed E-state index contributed by atoms with van der Waals surface area (Å²) in [5.74, 6) is 0.00940. The van der Waals surface area contributed by atoms with E-state index >= 15 is 0 Å². The molecule has 88 valence electrons. The van der Waals surface area contributed by atoms with E-state index < -0.39 is 0 Å². The van der Waals surface area contributed by atoms with E-state index in [-0.39, 0.29) is 5.91 Å². The van der Waals surface area contributed by atoms with Crippen LogP contribution in [0.3, 0.4) is 0 Å². The third kappa shape index (κ3) is 4.00. The molecule has 0 aliphatic rings. The van der Waals surface area contributed by atoms with Gasteiger partial charge in [-0.1, -0.05) is 22.6 Å². The molecule has 0 bridgehead atoms. The van der Waals surface area contributed by atoms with E-state index in [0.29, 0.717) is 0 Å². The molecule has 3 nitrogen and oxygen atoms in total. The standard InChI is InChI=1S/C12H17IN2O/c1-15(2)11-6-4-10(5-7-11)12(16)14-9-3-8-13/h4-7H,3,8-9H2,1-2H3,(H,14,16). The van der Waals surface area contributed by atoms with Crippen LogP contribution in [0.4, 0.5) is 5.69 Å². The van der Waals surface area contributed by atoms with Crippen molar-refractivity contribution in [2.24, 2.45) is 0 Å². The Morgan fingerprint density at radius 3 is 2.44 bits per heavy atom. The molecule has 16 heavy (non-hydrogen) atoms. The molecular weight excluding hydrogens is 315 g/mol. The van der Waals surface area contributed by atoms with E-state index in [2.05, 4.69) is 27.9 Å². The van der Waals surface area contributed by atoms with Gasteiger partial charge in [0.2, 0.25) is 0 Å². The SMILES string of the molecule is CN(C)c1ccc(C(=O)NCCCI)cc1. The molecule has 0 saturated carbocycles. The highest BCUT2D eigenvalue weighted by molar-refractivity contribution is 14.1. The summed E-state index contributed by atoms with van der Waals surface area (Å²) in [4.78, 5) is 13.7. The number of nitrogens with one attached hydrogen (secondary N) is 1. The average molecular weight is 332 g/mol. The zero-order valence-electron chi connectivity index (χ0n) is 9.66. The van der Waals surface area contributed by atoms with Crippen molar-refractivity contribution < 1.29 is 4.79 Å². The molecule has 0 heterocycles. The van der Waals surface area contributed by atoms with Crippen molar-refractivity contribution >= 4 is 34.2 Å². The molecule has 0 radical (unpaired) electrons. The number of carbonyl (C=O) groups is 1. The van der Waals surface area contributed by atoms with Gasteiger partial charge in [-0.3, -0.25) is 4.79 Å². The number of hydrogen-bond acceptors (Lipinski definition) is 2. The van der Waals surface area contributed by atoms with Crippen LogP contribution >= 0.6 is 22.6 Å². The van der Waals surface area contributed by atoms with Gasteiger partial charge in [0.15, 0.2) is 0 Å². The van der Waals surface area contributed by atoms with Crippen molar-refractivity contribution in [2.75, 3.05) is 30.0 Å². The van der Waals surface area contributed by atoms with E-state index in [0.717, 1.165) is 28.6 Å².